The smallest absolute Gasteiger partial charge is 0.320 e. The standard InChI is InChI=1S/C10H18N2O3/c1-2-7-5-12(6-7)8(10(14)15)3-4-9(11)13/h7-8H,2-6H2,1H3,(H2,11,13)(H,14,15). The molecule has 1 unspecified atom stereocenters. The molecular weight excluding hydrogens is 196 g/mol. The third-order valence-electron chi connectivity index (χ3n) is 2.95. The molecule has 0 bridgehead atoms. The van der Waals surface area contributed by atoms with Crippen molar-refractivity contribution < 1.29 is 14.7 Å². The van der Waals surface area contributed by atoms with Crippen LogP contribution in [0.25, 0.3) is 0 Å². The van der Waals surface area contributed by atoms with E-state index in [1.54, 1.807) is 0 Å². The van der Waals surface area contributed by atoms with Gasteiger partial charge in [-0.15, -0.1) is 0 Å². The maximum atomic E-state index is 10.9. The van der Waals surface area contributed by atoms with Gasteiger partial charge in [0.1, 0.15) is 6.04 Å². The molecule has 3 N–H and O–H groups in total. The summed E-state index contributed by atoms with van der Waals surface area (Å²) in [7, 11) is 0. The number of carbonyl (C=O) groups is 2. The minimum absolute atomic E-state index is 0.143. The summed E-state index contributed by atoms with van der Waals surface area (Å²) in [5.74, 6) is -0.681. The summed E-state index contributed by atoms with van der Waals surface area (Å²) in [5.41, 5.74) is 5.00. The van der Waals surface area contributed by atoms with E-state index < -0.39 is 17.9 Å². The Morgan fingerprint density at radius 1 is 1.53 bits per heavy atom. The molecule has 0 aliphatic carbocycles. The first-order valence-corrected chi connectivity index (χ1v) is 5.29. The maximum Gasteiger partial charge on any atom is 0.320 e. The average molecular weight is 214 g/mol. The van der Waals surface area contributed by atoms with E-state index in [0.29, 0.717) is 12.3 Å². The Morgan fingerprint density at radius 2 is 2.13 bits per heavy atom. The zero-order chi connectivity index (χ0) is 11.4. The Kier molecular flexibility index (Phi) is 4.08. The molecular formula is C10H18N2O3. The number of likely N-dealkylation sites (tertiary alicyclic amines) is 1. The molecule has 15 heavy (non-hydrogen) atoms. The van der Waals surface area contributed by atoms with E-state index in [2.05, 4.69) is 6.92 Å². The van der Waals surface area contributed by atoms with Gasteiger partial charge < -0.3 is 10.8 Å². The van der Waals surface area contributed by atoms with Crippen molar-refractivity contribution in [3.05, 3.63) is 0 Å². The van der Waals surface area contributed by atoms with Crippen molar-refractivity contribution in [2.45, 2.75) is 32.2 Å². The molecule has 0 aromatic rings. The number of carboxylic acids is 1. The quantitative estimate of drug-likeness (QED) is 0.654. The van der Waals surface area contributed by atoms with Crippen LogP contribution in [0.5, 0.6) is 0 Å². The van der Waals surface area contributed by atoms with Crippen LogP contribution in [0.4, 0.5) is 0 Å². The van der Waals surface area contributed by atoms with Crippen molar-refractivity contribution in [2.75, 3.05) is 13.1 Å². The van der Waals surface area contributed by atoms with Crippen LogP contribution in [0.15, 0.2) is 0 Å². The van der Waals surface area contributed by atoms with E-state index in [4.69, 9.17) is 10.8 Å². The molecule has 1 rings (SSSR count). The lowest BCUT2D eigenvalue weighted by atomic mass is 9.93. The van der Waals surface area contributed by atoms with Gasteiger partial charge in [-0.2, -0.15) is 0 Å². The first kappa shape index (κ1) is 12.0. The summed E-state index contributed by atoms with van der Waals surface area (Å²) in [4.78, 5) is 23.4. The number of amides is 1. The van der Waals surface area contributed by atoms with E-state index in [-0.39, 0.29) is 6.42 Å². The SMILES string of the molecule is CCC1CN(C(CCC(N)=O)C(=O)O)C1. The van der Waals surface area contributed by atoms with Gasteiger partial charge >= 0.3 is 5.97 Å². The second-order valence-corrected chi connectivity index (χ2v) is 4.09. The summed E-state index contributed by atoms with van der Waals surface area (Å²) in [6.45, 7) is 3.75. The maximum absolute atomic E-state index is 10.9. The van der Waals surface area contributed by atoms with Gasteiger partial charge in [0.15, 0.2) is 0 Å². The number of carboxylic acid groups (broad SMARTS) is 1. The van der Waals surface area contributed by atoms with Crippen LogP contribution in [0, 0.1) is 5.92 Å². The fourth-order valence-corrected chi connectivity index (χ4v) is 1.86. The van der Waals surface area contributed by atoms with Gasteiger partial charge in [0, 0.05) is 19.5 Å². The van der Waals surface area contributed by atoms with E-state index in [1.807, 2.05) is 4.90 Å². The Balaban J connectivity index is 2.38. The molecule has 0 spiro atoms. The van der Waals surface area contributed by atoms with Gasteiger partial charge in [-0.25, -0.2) is 0 Å². The minimum Gasteiger partial charge on any atom is -0.480 e. The fourth-order valence-electron chi connectivity index (χ4n) is 1.86. The summed E-state index contributed by atoms with van der Waals surface area (Å²) >= 11 is 0. The summed E-state index contributed by atoms with van der Waals surface area (Å²) in [6.07, 6.45) is 1.55. The van der Waals surface area contributed by atoms with Crippen molar-refractivity contribution in [1.29, 1.82) is 0 Å². The summed E-state index contributed by atoms with van der Waals surface area (Å²) in [5, 5.41) is 8.99. The van der Waals surface area contributed by atoms with Crippen molar-refractivity contribution in [3.8, 4) is 0 Å². The van der Waals surface area contributed by atoms with E-state index >= 15 is 0 Å². The summed E-state index contributed by atoms with van der Waals surface area (Å²) in [6, 6.07) is -0.541. The predicted octanol–water partition coefficient (Wildman–Crippen LogP) is 0.0469. The Labute approximate surface area is 89.2 Å². The Morgan fingerprint density at radius 3 is 2.53 bits per heavy atom. The van der Waals surface area contributed by atoms with Gasteiger partial charge in [-0.05, 0) is 12.3 Å². The largest absolute Gasteiger partial charge is 0.480 e. The van der Waals surface area contributed by atoms with E-state index in [1.165, 1.54) is 0 Å². The van der Waals surface area contributed by atoms with Gasteiger partial charge in [0.05, 0.1) is 0 Å². The highest BCUT2D eigenvalue weighted by Gasteiger charge is 2.34. The van der Waals surface area contributed by atoms with Gasteiger partial charge in [0.2, 0.25) is 5.91 Å². The number of nitrogens with two attached hydrogens (primary N) is 1. The zero-order valence-corrected chi connectivity index (χ0v) is 8.98. The number of nitrogens with zero attached hydrogens (tertiary/aromatic N) is 1. The summed E-state index contributed by atoms with van der Waals surface area (Å²) < 4.78 is 0. The van der Waals surface area contributed by atoms with Crippen LogP contribution in [0.2, 0.25) is 0 Å². The van der Waals surface area contributed by atoms with Gasteiger partial charge in [-0.3, -0.25) is 14.5 Å². The number of rotatable bonds is 6. The zero-order valence-electron chi connectivity index (χ0n) is 8.98. The molecule has 1 heterocycles. The molecule has 0 saturated carbocycles. The number of hydrogen-bond donors (Lipinski definition) is 2. The second-order valence-electron chi connectivity index (χ2n) is 4.09. The normalized spacial score (nSPS) is 19.5. The van der Waals surface area contributed by atoms with Crippen LogP contribution < -0.4 is 5.73 Å². The second kappa shape index (κ2) is 5.11. The van der Waals surface area contributed by atoms with Crippen LogP contribution in [0.3, 0.4) is 0 Å². The molecule has 86 valence electrons. The number of primary amides is 1. The lowest BCUT2D eigenvalue weighted by Crippen LogP contribution is -2.54. The molecule has 1 fully saturated rings. The number of hydrogen-bond acceptors (Lipinski definition) is 3. The van der Waals surface area contributed by atoms with Crippen LogP contribution in [-0.4, -0.2) is 41.0 Å². The Hall–Kier alpha value is -1.10. The lowest BCUT2D eigenvalue weighted by molar-refractivity contribution is -0.146. The molecule has 1 aliphatic heterocycles. The highest BCUT2D eigenvalue weighted by molar-refractivity contribution is 5.77. The molecule has 1 amide bonds. The lowest BCUT2D eigenvalue weighted by Gasteiger charge is -2.42. The third kappa shape index (κ3) is 3.20. The molecule has 1 aliphatic rings. The fraction of sp³-hybridized carbons (Fsp3) is 0.800. The first-order valence-electron chi connectivity index (χ1n) is 5.29. The predicted molar refractivity (Wildman–Crippen MR) is 55.2 cm³/mol. The first-order chi connectivity index (χ1) is 7.04. The highest BCUT2D eigenvalue weighted by atomic mass is 16.4. The molecule has 0 aromatic heterocycles. The van der Waals surface area contributed by atoms with Crippen LogP contribution in [0.1, 0.15) is 26.2 Å². The van der Waals surface area contributed by atoms with Crippen molar-refractivity contribution >= 4 is 11.9 Å². The molecule has 0 radical (unpaired) electrons. The van der Waals surface area contributed by atoms with Crippen LogP contribution >= 0.6 is 0 Å². The molecule has 0 aromatic carbocycles. The minimum atomic E-state index is -0.856. The third-order valence-corrected chi connectivity index (χ3v) is 2.95. The highest BCUT2D eigenvalue weighted by Crippen LogP contribution is 2.23. The number of carbonyl (C=O) groups excluding carboxylic acids is 1. The van der Waals surface area contributed by atoms with Crippen LogP contribution in [-0.2, 0) is 9.59 Å². The van der Waals surface area contributed by atoms with E-state index in [9.17, 15) is 9.59 Å². The van der Waals surface area contributed by atoms with E-state index in [0.717, 1.165) is 19.5 Å². The van der Waals surface area contributed by atoms with Gasteiger partial charge in [-0.1, -0.05) is 13.3 Å². The van der Waals surface area contributed by atoms with Crippen molar-refractivity contribution in [1.82, 2.24) is 4.90 Å². The molecule has 1 atom stereocenters. The monoisotopic (exact) mass is 214 g/mol. The Bertz CT molecular complexity index is 249. The molecule has 1 saturated heterocycles. The number of aliphatic carboxylic acids is 1. The van der Waals surface area contributed by atoms with Crippen molar-refractivity contribution in [2.24, 2.45) is 11.7 Å². The van der Waals surface area contributed by atoms with Crippen molar-refractivity contribution in [3.63, 3.8) is 0 Å². The van der Waals surface area contributed by atoms with Gasteiger partial charge in [0.25, 0.3) is 0 Å². The topological polar surface area (TPSA) is 83.6 Å². The average Bonchev–Trinajstić information content (AvgIpc) is 2.07. The molecule has 5 nitrogen and oxygen atoms in total. The molecule has 5 heteroatoms.